The Kier molecular flexibility index (Phi) is 5.51. The van der Waals surface area contributed by atoms with Crippen molar-refractivity contribution in [3.8, 4) is 0 Å². The van der Waals surface area contributed by atoms with E-state index in [-0.39, 0.29) is 31.8 Å². The maximum Gasteiger partial charge on any atom is 0.326 e. The number of carbonyl (C=O) groups excluding carboxylic acids is 4. The van der Waals surface area contributed by atoms with E-state index in [1.807, 2.05) is 0 Å². The standard InChI is InChI=1S/C18H10Cl3NO5/c19-12-4-2-1-3-9(12)15(23)8-27-16(24)7-22-17(25)10-5-13(20)14(21)6-11(10)18(22)26/h1-6H,7-8H2. The molecule has 1 aliphatic rings. The monoisotopic (exact) mass is 425 g/mol. The van der Waals surface area contributed by atoms with Crippen molar-refractivity contribution >= 4 is 58.4 Å². The number of hydrogen-bond acceptors (Lipinski definition) is 5. The zero-order valence-electron chi connectivity index (χ0n) is 13.5. The van der Waals surface area contributed by atoms with E-state index in [1.165, 1.54) is 24.3 Å². The molecule has 0 radical (unpaired) electrons. The lowest BCUT2D eigenvalue weighted by Crippen LogP contribution is -2.36. The molecule has 2 aromatic carbocycles. The van der Waals surface area contributed by atoms with E-state index < -0.39 is 36.7 Å². The summed E-state index contributed by atoms with van der Waals surface area (Å²) in [5.41, 5.74) is 0.306. The molecule has 0 aliphatic carbocycles. The maximum atomic E-state index is 12.3. The van der Waals surface area contributed by atoms with Crippen LogP contribution in [0, 0.1) is 0 Å². The van der Waals surface area contributed by atoms with Crippen molar-refractivity contribution in [2.45, 2.75) is 0 Å². The van der Waals surface area contributed by atoms with Gasteiger partial charge in [-0.15, -0.1) is 0 Å². The number of amides is 2. The summed E-state index contributed by atoms with van der Waals surface area (Å²) in [5, 5.41) is 0.463. The summed E-state index contributed by atoms with van der Waals surface area (Å²) in [4.78, 5) is 49.4. The fourth-order valence-corrected chi connectivity index (χ4v) is 3.08. The normalized spacial score (nSPS) is 12.9. The van der Waals surface area contributed by atoms with Crippen LogP contribution in [0.15, 0.2) is 36.4 Å². The number of Topliss-reactive ketones (excluding diaryl/α,β-unsaturated/α-hetero) is 1. The molecule has 0 bridgehead atoms. The zero-order chi connectivity index (χ0) is 19.7. The molecule has 0 atom stereocenters. The van der Waals surface area contributed by atoms with Gasteiger partial charge in [0.25, 0.3) is 11.8 Å². The Morgan fingerprint density at radius 3 is 2.00 bits per heavy atom. The van der Waals surface area contributed by atoms with Crippen LogP contribution in [0.2, 0.25) is 15.1 Å². The van der Waals surface area contributed by atoms with Crippen LogP contribution in [0.3, 0.4) is 0 Å². The highest BCUT2D eigenvalue weighted by atomic mass is 35.5. The largest absolute Gasteiger partial charge is 0.456 e. The molecule has 27 heavy (non-hydrogen) atoms. The molecule has 1 heterocycles. The lowest BCUT2D eigenvalue weighted by atomic mass is 10.1. The van der Waals surface area contributed by atoms with Gasteiger partial charge in [-0.2, -0.15) is 0 Å². The molecule has 3 rings (SSSR count). The maximum absolute atomic E-state index is 12.3. The van der Waals surface area contributed by atoms with Crippen molar-refractivity contribution in [3.05, 3.63) is 68.2 Å². The molecule has 0 saturated heterocycles. The number of imide groups is 1. The second-order valence-corrected chi connectivity index (χ2v) is 6.79. The lowest BCUT2D eigenvalue weighted by molar-refractivity contribution is -0.142. The highest BCUT2D eigenvalue weighted by Crippen LogP contribution is 2.31. The highest BCUT2D eigenvalue weighted by molar-refractivity contribution is 6.43. The molecule has 2 aromatic rings. The summed E-state index contributed by atoms with van der Waals surface area (Å²) in [6.07, 6.45) is 0. The van der Waals surface area contributed by atoms with Crippen LogP contribution >= 0.6 is 34.8 Å². The van der Waals surface area contributed by atoms with Crippen molar-refractivity contribution in [1.29, 1.82) is 0 Å². The molecule has 0 spiro atoms. The van der Waals surface area contributed by atoms with Gasteiger partial charge in [-0.3, -0.25) is 24.1 Å². The lowest BCUT2D eigenvalue weighted by Gasteiger charge is -2.13. The molecule has 6 nitrogen and oxygen atoms in total. The number of nitrogens with zero attached hydrogens (tertiary/aromatic N) is 1. The van der Waals surface area contributed by atoms with Gasteiger partial charge in [-0.1, -0.05) is 46.9 Å². The van der Waals surface area contributed by atoms with Gasteiger partial charge in [0.15, 0.2) is 6.61 Å². The number of hydrogen-bond donors (Lipinski definition) is 0. The molecule has 0 saturated carbocycles. The number of benzene rings is 2. The molecular formula is C18H10Cl3NO5. The van der Waals surface area contributed by atoms with E-state index in [2.05, 4.69) is 0 Å². The van der Waals surface area contributed by atoms with Gasteiger partial charge in [-0.25, -0.2) is 0 Å². The van der Waals surface area contributed by atoms with E-state index >= 15 is 0 Å². The van der Waals surface area contributed by atoms with Crippen molar-refractivity contribution in [3.63, 3.8) is 0 Å². The Hall–Kier alpha value is -2.41. The Morgan fingerprint density at radius 2 is 1.44 bits per heavy atom. The molecule has 0 aromatic heterocycles. The van der Waals surface area contributed by atoms with Crippen molar-refractivity contribution < 1.29 is 23.9 Å². The van der Waals surface area contributed by atoms with Gasteiger partial charge < -0.3 is 4.74 Å². The van der Waals surface area contributed by atoms with Crippen LogP contribution in [0.5, 0.6) is 0 Å². The van der Waals surface area contributed by atoms with Gasteiger partial charge in [0, 0.05) is 5.56 Å². The number of halogens is 3. The van der Waals surface area contributed by atoms with Crippen LogP contribution in [-0.4, -0.2) is 41.6 Å². The molecule has 1 aliphatic heterocycles. The second-order valence-electron chi connectivity index (χ2n) is 5.57. The third kappa shape index (κ3) is 3.83. The number of fused-ring (bicyclic) bond motifs is 1. The topological polar surface area (TPSA) is 80.8 Å². The minimum absolute atomic E-state index is 0.0503. The molecule has 0 N–H and O–H groups in total. The predicted molar refractivity (Wildman–Crippen MR) is 98.6 cm³/mol. The van der Waals surface area contributed by atoms with E-state index in [9.17, 15) is 19.2 Å². The van der Waals surface area contributed by atoms with Gasteiger partial charge >= 0.3 is 5.97 Å². The van der Waals surface area contributed by atoms with Crippen LogP contribution < -0.4 is 0 Å². The van der Waals surface area contributed by atoms with E-state index in [4.69, 9.17) is 39.5 Å². The summed E-state index contributed by atoms with van der Waals surface area (Å²) >= 11 is 17.6. The van der Waals surface area contributed by atoms with Crippen LogP contribution in [0.1, 0.15) is 31.1 Å². The van der Waals surface area contributed by atoms with E-state index in [1.54, 1.807) is 12.1 Å². The predicted octanol–water partition coefficient (Wildman–Crippen LogP) is 3.67. The van der Waals surface area contributed by atoms with Gasteiger partial charge in [0.2, 0.25) is 5.78 Å². The van der Waals surface area contributed by atoms with Gasteiger partial charge in [-0.05, 0) is 24.3 Å². The third-order valence-corrected chi connectivity index (χ3v) is 4.89. The Labute approximate surface area is 168 Å². The minimum atomic E-state index is -0.915. The molecule has 138 valence electrons. The number of ether oxygens (including phenoxy) is 1. The summed E-state index contributed by atoms with van der Waals surface area (Å²) < 4.78 is 4.87. The van der Waals surface area contributed by atoms with Crippen molar-refractivity contribution in [1.82, 2.24) is 4.90 Å². The molecule has 0 unspecified atom stereocenters. The first kappa shape index (κ1) is 19.4. The fraction of sp³-hybridized carbons (Fsp3) is 0.111. The van der Waals surface area contributed by atoms with Gasteiger partial charge in [0.1, 0.15) is 6.54 Å². The average Bonchev–Trinajstić information content (AvgIpc) is 2.85. The molecule has 2 amide bonds. The highest BCUT2D eigenvalue weighted by Gasteiger charge is 2.37. The quantitative estimate of drug-likeness (QED) is 0.414. The van der Waals surface area contributed by atoms with Crippen molar-refractivity contribution in [2.24, 2.45) is 0 Å². The van der Waals surface area contributed by atoms with E-state index in [0.29, 0.717) is 4.90 Å². The Bertz CT molecular complexity index is 948. The molecular weight excluding hydrogens is 417 g/mol. The van der Waals surface area contributed by atoms with Crippen LogP contribution in [-0.2, 0) is 9.53 Å². The molecule has 0 fully saturated rings. The number of esters is 1. The molecule has 9 heteroatoms. The van der Waals surface area contributed by atoms with Crippen molar-refractivity contribution in [2.75, 3.05) is 13.2 Å². The van der Waals surface area contributed by atoms with Gasteiger partial charge in [0.05, 0.1) is 26.2 Å². The smallest absolute Gasteiger partial charge is 0.326 e. The Morgan fingerprint density at radius 1 is 0.889 bits per heavy atom. The zero-order valence-corrected chi connectivity index (χ0v) is 15.8. The summed E-state index contributed by atoms with van der Waals surface area (Å²) in [5.74, 6) is -2.80. The second kappa shape index (κ2) is 7.68. The number of carbonyl (C=O) groups is 4. The minimum Gasteiger partial charge on any atom is -0.456 e. The first-order valence-corrected chi connectivity index (χ1v) is 8.71. The summed E-state index contributed by atoms with van der Waals surface area (Å²) in [7, 11) is 0. The van der Waals surface area contributed by atoms with Crippen LogP contribution in [0.25, 0.3) is 0 Å². The third-order valence-electron chi connectivity index (χ3n) is 3.84. The first-order chi connectivity index (χ1) is 12.8. The number of ketones is 1. The summed E-state index contributed by atoms with van der Waals surface area (Å²) in [6, 6.07) is 8.85. The van der Waals surface area contributed by atoms with Crippen LogP contribution in [0.4, 0.5) is 0 Å². The Balaban J connectivity index is 1.65. The number of rotatable bonds is 5. The average molecular weight is 427 g/mol. The SMILES string of the molecule is O=C(CN1C(=O)c2cc(Cl)c(Cl)cc2C1=O)OCC(=O)c1ccccc1Cl. The summed E-state index contributed by atoms with van der Waals surface area (Å²) in [6.45, 7) is -1.21. The first-order valence-electron chi connectivity index (χ1n) is 7.58. The fourth-order valence-electron chi connectivity index (χ4n) is 2.51. The van der Waals surface area contributed by atoms with E-state index in [0.717, 1.165) is 0 Å².